The van der Waals surface area contributed by atoms with Crippen LogP contribution in [0.2, 0.25) is 5.02 Å². The van der Waals surface area contributed by atoms with Crippen molar-refractivity contribution in [3.05, 3.63) is 46.5 Å². The molecule has 2 N–H and O–H groups in total. The Bertz CT molecular complexity index is 579. The predicted octanol–water partition coefficient (Wildman–Crippen LogP) is 1.85. The van der Waals surface area contributed by atoms with Gasteiger partial charge in [0.05, 0.1) is 35.2 Å². The van der Waals surface area contributed by atoms with Gasteiger partial charge in [-0.15, -0.1) is 0 Å². The number of hydrogen-bond acceptors (Lipinski definition) is 4. The first-order valence-corrected chi connectivity index (χ1v) is 6.91. The lowest BCUT2D eigenvalue weighted by Crippen LogP contribution is -2.24. The van der Waals surface area contributed by atoms with Crippen molar-refractivity contribution in [2.24, 2.45) is 5.73 Å². The Labute approximate surface area is 124 Å². The zero-order valence-corrected chi connectivity index (χ0v) is 12.8. The fourth-order valence-corrected chi connectivity index (χ4v) is 2.28. The van der Waals surface area contributed by atoms with Gasteiger partial charge in [-0.2, -0.15) is 5.10 Å². The number of halogens is 1. The molecule has 0 aliphatic carbocycles. The van der Waals surface area contributed by atoms with Gasteiger partial charge in [-0.05, 0) is 38.7 Å². The molecule has 5 nitrogen and oxygen atoms in total. The maximum Gasteiger partial charge on any atom is 0.0912 e. The van der Waals surface area contributed by atoms with E-state index < -0.39 is 0 Å². The number of hydrogen-bond donors (Lipinski definition) is 1. The SMILES string of the molecule is Cc1ccnc(C(N)c2c(Cl)cnn2CCN(C)C)c1. The molecule has 108 valence electrons. The Morgan fingerprint density at radius 2 is 2.20 bits per heavy atom. The van der Waals surface area contributed by atoms with E-state index in [1.807, 2.05) is 37.8 Å². The van der Waals surface area contributed by atoms with E-state index in [1.54, 1.807) is 12.4 Å². The molecule has 0 radical (unpaired) electrons. The minimum absolute atomic E-state index is 0.368. The van der Waals surface area contributed by atoms with Gasteiger partial charge < -0.3 is 10.6 Å². The van der Waals surface area contributed by atoms with Crippen molar-refractivity contribution in [2.45, 2.75) is 19.5 Å². The van der Waals surface area contributed by atoms with Crippen LogP contribution in [0.5, 0.6) is 0 Å². The van der Waals surface area contributed by atoms with Gasteiger partial charge in [-0.1, -0.05) is 11.6 Å². The molecular weight excluding hydrogens is 274 g/mol. The summed E-state index contributed by atoms with van der Waals surface area (Å²) in [7, 11) is 4.04. The number of likely N-dealkylation sites (N-methyl/N-ethyl adjacent to an activating group) is 1. The van der Waals surface area contributed by atoms with Gasteiger partial charge >= 0.3 is 0 Å². The molecule has 0 saturated carbocycles. The van der Waals surface area contributed by atoms with Crippen LogP contribution in [-0.4, -0.2) is 40.3 Å². The van der Waals surface area contributed by atoms with Gasteiger partial charge in [0, 0.05) is 12.7 Å². The number of nitrogens with zero attached hydrogens (tertiary/aromatic N) is 4. The summed E-state index contributed by atoms with van der Waals surface area (Å²) >= 11 is 6.24. The van der Waals surface area contributed by atoms with Crippen LogP contribution in [0.25, 0.3) is 0 Å². The molecule has 0 aliphatic heterocycles. The fraction of sp³-hybridized carbons (Fsp3) is 0.429. The molecule has 0 saturated heterocycles. The molecule has 2 heterocycles. The van der Waals surface area contributed by atoms with Crippen LogP contribution in [0.1, 0.15) is 23.0 Å². The van der Waals surface area contributed by atoms with Gasteiger partial charge in [0.15, 0.2) is 0 Å². The van der Waals surface area contributed by atoms with Crippen LogP contribution >= 0.6 is 11.6 Å². The molecule has 2 aromatic heterocycles. The summed E-state index contributed by atoms with van der Waals surface area (Å²) in [5, 5.41) is 4.89. The quantitative estimate of drug-likeness (QED) is 0.914. The molecule has 6 heteroatoms. The van der Waals surface area contributed by atoms with E-state index in [0.717, 1.165) is 30.0 Å². The summed E-state index contributed by atoms with van der Waals surface area (Å²) in [6.45, 7) is 3.64. The highest BCUT2D eigenvalue weighted by Crippen LogP contribution is 2.25. The van der Waals surface area contributed by atoms with Gasteiger partial charge in [0.1, 0.15) is 0 Å². The van der Waals surface area contributed by atoms with Crippen molar-refractivity contribution in [3.8, 4) is 0 Å². The molecule has 2 aromatic rings. The Hall–Kier alpha value is -1.43. The van der Waals surface area contributed by atoms with Crippen molar-refractivity contribution in [3.63, 3.8) is 0 Å². The van der Waals surface area contributed by atoms with Gasteiger partial charge in [-0.25, -0.2) is 0 Å². The molecule has 0 spiro atoms. The zero-order valence-electron chi connectivity index (χ0n) is 12.0. The van der Waals surface area contributed by atoms with Crippen molar-refractivity contribution in [2.75, 3.05) is 20.6 Å². The third-order valence-electron chi connectivity index (χ3n) is 3.14. The summed E-state index contributed by atoms with van der Waals surface area (Å²) in [5.41, 5.74) is 9.06. The Kier molecular flexibility index (Phi) is 4.75. The molecular formula is C14H20ClN5. The first kappa shape index (κ1) is 15.0. The number of aromatic nitrogens is 3. The Balaban J connectivity index is 2.29. The summed E-state index contributed by atoms with van der Waals surface area (Å²) in [6.07, 6.45) is 3.40. The first-order valence-electron chi connectivity index (χ1n) is 6.53. The fourth-order valence-electron chi connectivity index (χ4n) is 2.02. The standard InChI is InChI=1S/C14H20ClN5/c1-10-4-5-17-12(8-10)13(16)14-11(15)9-18-20(14)7-6-19(2)3/h4-5,8-9,13H,6-7,16H2,1-3H3. The molecule has 2 rings (SSSR count). The van der Waals surface area contributed by atoms with Crippen molar-refractivity contribution >= 4 is 11.6 Å². The zero-order chi connectivity index (χ0) is 14.7. The van der Waals surface area contributed by atoms with E-state index in [1.165, 1.54) is 0 Å². The van der Waals surface area contributed by atoms with E-state index in [0.29, 0.717) is 5.02 Å². The summed E-state index contributed by atoms with van der Waals surface area (Å²) in [5.74, 6) is 0. The minimum Gasteiger partial charge on any atom is -0.318 e. The number of aryl methyl sites for hydroxylation is 1. The highest BCUT2D eigenvalue weighted by Gasteiger charge is 2.19. The molecule has 0 aliphatic rings. The summed E-state index contributed by atoms with van der Waals surface area (Å²) < 4.78 is 1.86. The van der Waals surface area contributed by atoms with Crippen molar-refractivity contribution in [1.29, 1.82) is 0 Å². The molecule has 0 amide bonds. The van der Waals surface area contributed by atoms with Crippen molar-refractivity contribution in [1.82, 2.24) is 19.7 Å². The summed E-state index contributed by atoms with van der Waals surface area (Å²) in [6, 6.07) is 3.55. The second-order valence-corrected chi connectivity index (χ2v) is 5.55. The topological polar surface area (TPSA) is 60.0 Å². The van der Waals surface area contributed by atoms with Crippen LogP contribution in [-0.2, 0) is 6.54 Å². The van der Waals surface area contributed by atoms with Gasteiger partial charge in [0.25, 0.3) is 0 Å². The Morgan fingerprint density at radius 3 is 2.85 bits per heavy atom. The average molecular weight is 294 g/mol. The second-order valence-electron chi connectivity index (χ2n) is 5.14. The third kappa shape index (κ3) is 3.36. The lowest BCUT2D eigenvalue weighted by molar-refractivity contribution is 0.368. The number of rotatable bonds is 5. The molecule has 1 atom stereocenters. The first-order chi connectivity index (χ1) is 9.49. The maximum absolute atomic E-state index is 6.32. The lowest BCUT2D eigenvalue weighted by atomic mass is 10.1. The highest BCUT2D eigenvalue weighted by atomic mass is 35.5. The second kappa shape index (κ2) is 6.35. The summed E-state index contributed by atoms with van der Waals surface area (Å²) in [4.78, 5) is 6.43. The van der Waals surface area contributed by atoms with E-state index in [9.17, 15) is 0 Å². The lowest BCUT2D eigenvalue weighted by Gasteiger charge is -2.16. The molecule has 0 fully saturated rings. The number of pyridine rings is 1. The van der Waals surface area contributed by atoms with Gasteiger partial charge in [0.2, 0.25) is 0 Å². The van der Waals surface area contributed by atoms with Crippen LogP contribution in [0.15, 0.2) is 24.5 Å². The highest BCUT2D eigenvalue weighted by molar-refractivity contribution is 6.31. The van der Waals surface area contributed by atoms with Crippen LogP contribution in [0, 0.1) is 6.92 Å². The van der Waals surface area contributed by atoms with Crippen LogP contribution in [0.4, 0.5) is 0 Å². The Morgan fingerprint density at radius 1 is 1.45 bits per heavy atom. The van der Waals surface area contributed by atoms with Crippen LogP contribution in [0.3, 0.4) is 0 Å². The normalized spacial score (nSPS) is 12.9. The third-order valence-corrected chi connectivity index (χ3v) is 3.43. The predicted molar refractivity (Wildman–Crippen MR) is 80.8 cm³/mol. The van der Waals surface area contributed by atoms with E-state index in [2.05, 4.69) is 15.0 Å². The van der Waals surface area contributed by atoms with E-state index >= 15 is 0 Å². The molecule has 20 heavy (non-hydrogen) atoms. The average Bonchev–Trinajstić information content (AvgIpc) is 2.76. The maximum atomic E-state index is 6.32. The molecule has 1 unspecified atom stereocenters. The van der Waals surface area contributed by atoms with Crippen molar-refractivity contribution < 1.29 is 0 Å². The smallest absolute Gasteiger partial charge is 0.0912 e. The van der Waals surface area contributed by atoms with E-state index in [-0.39, 0.29) is 6.04 Å². The van der Waals surface area contributed by atoms with Gasteiger partial charge in [-0.3, -0.25) is 9.67 Å². The van der Waals surface area contributed by atoms with Crippen LogP contribution < -0.4 is 5.73 Å². The number of nitrogens with two attached hydrogens (primary N) is 1. The minimum atomic E-state index is -0.368. The molecule has 0 bridgehead atoms. The largest absolute Gasteiger partial charge is 0.318 e. The molecule has 0 aromatic carbocycles. The monoisotopic (exact) mass is 293 g/mol. The van der Waals surface area contributed by atoms with E-state index in [4.69, 9.17) is 17.3 Å².